The van der Waals surface area contributed by atoms with E-state index in [1.807, 2.05) is 14.1 Å². The van der Waals surface area contributed by atoms with Crippen molar-refractivity contribution in [1.29, 1.82) is 0 Å². The van der Waals surface area contributed by atoms with Gasteiger partial charge in [0.05, 0.1) is 11.8 Å². The lowest BCUT2D eigenvalue weighted by molar-refractivity contribution is -0.140. The first-order valence-electron chi connectivity index (χ1n) is 5.88. The Bertz CT molecular complexity index is 313. The van der Waals surface area contributed by atoms with Crippen LogP contribution in [0.25, 0.3) is 0 Å². The van der Waals surface area contributed by atoms with E-state index in [1.54, 1.807) is 0 Å². The predicted octanol–water partition coefficient (Wildman–Crippen LogP) is 0.411. The number of nitrogens with zero attached hydrogens (tertiary/aromatic N) is 1. The molecule has 2 atom stereocenters. The number of carbonyl (C=O) groups excluding carboxylic acids is 1. The molecule has 1 fully saturated rings. The molecule has 5 heteroatoms. The highest BCUT2D eigenvalue weighted by molar-refractivity contribution is 5.89. The molecular weight excluding hydrogens is 220 g/mol. The Kier molecular flexibility index (Phi) is 4.14. The van der Waals surface area contributed by atoms with Crippen molar-refractivity contribution < 1.29 is 14.7 Å². The average molecular weight is 242 g/mol. The van der Waals surface area contributed by atoms with Crippen LogP contribution in [0.15, 0.2) is 0 Å². The zero-order valence-corrected chi connectivity index (χ0v) is 11.0. The normalized spacial score (nSPS) is 23.6. The largest absolute Gasteiger partial charge is 0.481 e. The van der Waals surface area contributed by atoms with Crippen LogP contribution < -0.4 is 5.32 Å². The Hall–Kier alpha value is -1.10. The lowest BCUT2D eigenvalue weighted by Gasteiger charge is -2.28. The number of amides is 1. The van der Waals surface area contributed by atoms with Gasteiger partial charge in [-0.25, -0.2) is 0 Å². The fraction of sp³-hybridized carbons (Fsp3) is 0.833. The molecule has 0 heterocycles. The Morgan fingerprint density at radius 2 is 1.94 bits per heavy atom. The van der Waals surface area contributed by atoms with Gasteiger partial charge in [-0.05, 0) is 25.9 Å². The molecule has 0 aliphatic heterocycles. The van der Waals surface area contributed by atoms with Crippen LogP contribution in [0.1, 0.15) is 20.3 Å². The summed E-state index contributed by atoms with van der Waals surface area (Å²) in [5.74, 6) is -1.77. The van der Waals surface area contributed by atoms with Crippen LogP contribution in [0.5, 0.6) is 0 Å². The summed E-state index contributed by atoms with van der Waals surface area (Å²) in [4.78, 5) is 24.4. The fourth-order valence-electron chi connectivity index (χ4n) is 2.13. The van der Waals surface area contributed by atoms with E-state index in [1.165, 1.54) is 0 Å². The van der Waals surface area contributed by atoms with E-state index in [4.69, 9.17) is 5.11 Å². The Balaban J connectivity index is 2.32. The molecule has 1 aliphatic carbocycles. The van der Waals surface area contributed by atoms with E-state index in [2.05, 4.69) is 24.1 Å². The zero-order valence-electron chi connectivity index (χ0n) is 11.0. The Morgan fingerprint density at radius 3 is 2.35 bits per heavy atom. The monoisotopic (exact) mass is 242 g/mol. The van der Waals surface area contributed by atoms with E-state index in [9.17, 15) is 9.59 Å². The van der Waals surface area contributed by atoms with Crippen LogP contribution in [0.4, 0.5) is 0 Å². The van der Waals surface area contributed by atoms with Crippen molar-refractivity contribution in [2.45, 2.75) is 20.3 Å². The smallest absolute Gasteiger partial charge is 0.307 e. The highest BCUT2D eigenvalue weighted by atomic mass is 16.4. The molecule has 1 aliphatic rings. The van der Waals surface area contributed by atoms with Crippen LogP contribution in [-0.2, 0) is 9.59 Å². The third kappa shape index (κ3) is 4.34. The van der Waals surface area contributed by atoms with Crippen molar-refractivity contribution in [3.8, 4) is 0 Å². The number of carboxylic acids is 1. The number of nitrogens with one attached hydrogen (secondary N) is 1. The number of rotatable bonds is 6. The van der Waals surface area contributed by atoms with Gasteiger partial charge in [-0.2, -0.15) is 0 Å². The van der Waals surface area contributed by atoms with Gasteiger partial charge in [-0.15, -0.1) is 0 Å². The number of hydrogen-bond acceptors (Lipinski definition) is 3. The first-order chi connectivity index (χ1) is 7.73. The van der Waals surface area contributed by atoms with Crippen molar-refractivity contribution in [2.24, 2.45) is 17.3 Å². The van der Waals surface area contributed by atoms with Gasteiger partial charge < -0.3 is 15.3 Å². The first kappa shape index (κ1) is 14.0. The lowest BCUT2D eigenvalue weighted by Crippen LogP contribution is -2.40. The quantitative estimate of drug-likeness (QED) is 0.708. The maximum atomic E-state index is 11.7. The molecule has 0 aromatic heterocycles. The van der Waals surface area contributed by atoms with E-state index < -0.39 is 11.9 Å². The summed E-state index contributed by atoms with van der Waals surface area (Å²) in [6.07, 6.45) is 0.481. The molecule has 0 aromatic carbocycles. The minimum Gasteiger partial charge on any atom is -0.481 e. The molecule has 0 radical (unpaired) electrons. The van der Waals surface area contributed by atoms with Gasteiger partial charge in [0, 0.05) is 13.1 Å². The van der Waals surface area contributed by atoms with Crippen molar-refractivity contribution in [3.63, 3.8) is 0 Å². The number of hydrogen-bond donors (Lipinski definition) is 2. The molecule has 0 bridgehead atoms. The van der Waals surface area contributed by atoms with E-state index in [0.29, 0.717) is 13.0 Å². The fourth-order valence-corrected chi connectivity index (χ4v) is 2.13. The summed E-state index contributed by atoms with van der Waals surface area (Å²) < 4.78 is 0. The summed E-state index contributed by atoms with van der Waals surface area (Å²) in [5, 5.41) is 11.6. The molecule has 5 nitrogen and oxygen atoms in total. The molecule has 2 N–H and O–H groups in total. The van der Waals surface area contributed by atoms with E-state index >= 15 is 0 Å². The van der Waals surface area contributed by atoms with Gasteiger partial charge >= 0.3 is 5.97 Å². The highest BCUT2D eigenvalue weighted by Gasteiger charge is 2.48. The maximum absolute atomic E-state index is 11.7. The molecular formula is C12H22N2O3. The zero-order chi connectivity index (χ0) is 13.2. The van der Waals surface area contributed by atoms with Crippen molar-refractivity contribution >= 4 is 11.9 Å². The van der Waals surface area contributed by atoms with Crippen LogP contribution >= 0.6 is 0 Å². The second-order valence-corrected chi connectivity index (χ2v) is 5.91. The summed E-state index contributed by atoms with van der Waals surface area (Å²) in [6, 6.07) is 0. The minimum absolute atomic E-state index is 0.00717. The third-order valence-electron chi connectivity index (χ3n) is 2.93. The van der Waals surface area contributed by atoms with Gasteiger partial charge in [-0.1, -0.05) is 13.8 Å². The molecule has 0 spiro atoms. The van der Waals surface area contributed by atoms with E-state index in [0.717, 1.165) is 6.54 Å². The SMILES string of the molecule is CN(C)CC(C)(C)CNC(=O)C1CC1C(=O)O. The molecule has 1 saturated carbocycles. The summed E-state index contributed by atoms with van der Waals surface area (Å²) >= 11 is 0. The van der Waals surface area contributed by atoms with Gasteiger partial charge in [0.15, 0.2) is 0 Å². The van der Waals surface area contributed by atoms with Crippen LogP contribution in [-0.4, -0.2) is 49.1 Å². The molecule has 2 unspecified atom stereocenters. The highest BCUT2D eigenvalue weighted by Crippen LogP contribution is 2.38. The Labute approximate surface area is 102 Å². The molecule has 1 rings (SSSR count). The van der Waals surface area contributed by atoms with Crippen LogP contribution in [0, 0.1) is 17.3 Å². The number of aliphatic carboxylic acids is 1. The number of carboxylic acid groups (broad SMARTS) is 1. The van der Waals surface area contributed by atoms with Crippen LogP contribution in [0.3, 0.4) is 0 Å². The first-order valence-corrected chi connectivity index (χ1v) is 5.88. The van der Waals surface area contributed by atoms with Gasteiger partial charge in [0.1, 0.15) is 0 Å². The molecule has 17 heavy (non-hydrogen) atoms. The third-order valence-corrected chi connectivity index (χ3v) is 2.93. The second-order valence-electron chi connectivity index (χ2n) is 5.91. The van der Waals surface area contributed by atoms with Gasteiger partial charge in [0.2, 0.25) is 5.91 Å². The molecule has 0 aromatic rings. The van der Waals surface area contributed by atoms with Crippen molar-refractivity contribution in [2.75, 3.05) is 27.2 Å². The van der Waals surface area contributed by atoms with Crippen LogP contribution in [0.2, 0.25) is 0 Å². The van der Waals surface area contributed by atoms with Gasteiger partial charge in [-0.3, -0.25) is 9.59 Å². The number of carbonyl (C=O) groups is 2. The topological polar surface area (TPSA) is 69.6 Å². The van der Waals surface area contributed by atoms with Crippen molar-refractivity contribution in [3.05, 3.63) is 0 Å². The van der Waals surface area contributed by atoms with E-state index in [-0.39, 0.29) is 17.2 Å². The average Bonchev–Trinajstić information content (AvgIpc) is 2.91. The van der Waals surface area contributed by atoms with Gasteiger partial charge in [0.25, 0.3) is 0 Å². The predicted molar refractivity (Wildman–Crippen MR) is 64.6 cm³/mol. The molecule has 1 amide bonds. The molecule has 98 valence electrons. The van der Waals surface area contributed by atoms with Crippen molar-refractivity contribution in [1.82, 2.24) is 10.2 Å². The maximum Gasteiger partial charge on any atom is 0.307 e. The standard InChI is InChI=1S/C12H22N2O3/c1-12(2,7-14(3)4)6-13-10(15)8-5-9(8)11(16)17/h8-9H,5-7H2,1-4H3,(H,13,15)(H,16,17). The Morgan fingerprint density at radius 1 is 1.35 bits per heavy atom. The summed E-state index contributed by atoms with van der Waals surface area (Å²) in [7, 11) is 3.98. The minimum atomic E-state index is -0.863. The second kappa shape index (κ2) is 5.04. The molecule has 0 saturated heterocycles. The summed E-state index contributed by atoms with van der Waals surface area (Å²) in [6.45, 7) is 5.61. The lowest BCUT2D eigenvalue weighted by atomic mass is 9.93. The summed E-state index contributed by atoms with van der Waals surface area (Å²) in [5.41, 5.74) is -0.00717.